The first-order chi connectivity index (χ1) is 10.1. The van der Waals surface area contributed by atoms with E-state index in [0.29, 0.717) is 12.2 Å². The molecule has 1 aromatic carbocycles. The Morgan fingerprint density at radius 1 is 1.38 bits per heavy atom. The summed E-state index contributed by atoms with van der Waals surface area (Å²) in [6, 6.07) is 12.8. The van der Waals surface area contributed by atoms with Gasteiger partial charge in [-0.15, -0.1) is 0 Å². The minimum atomic E-state index is -0.945. The van der Waals surface area contributed by atoms with Crippen molar-refractivity contribution in [2.45, 2.75) is 18.9 Å². The van der Waals surface area contributed by atoms with Crippen molar-refractivity contribution in [2.24, 2.45) is 0 Å². The van der Waals surface area contributed by atoms with Gasteiger partial charge < -0.3 is 14.8 Å². The summed E-state index contributed by atoms with van der Waals surface area (Å²) in [5.41, 5.74) is 1.13. The van der Waals surface area contributed by atoms with Gasteiger partial charge >= 0.3 is 0 Å². The second kappa shape index (κ2) is 5.58. The molecule has 2 heterocycles. The molecule has 0 spiro atoms. The number of ether oxygens (including phenoxy) is 1. The molecular formula is C17H17N2O2. The fourth-order valence-electron chi connectivity index (χ4n) is 2.30. The molecule has 4 nitrogen and oxygen atoms in total. The van der Waals surface area contributed by atoms with E-state index < -0.39 is 5.60 Å². The third kappa shape index (κ3) is 3.41. The summed E-state index contributed by atoms with van der Waals surface area (Å²) < 4.78 is 5.59. The van der Waals surface area contributed by atoms with Gasteiger partial charge in [0.25, 0.3) is 0 Å². The number of hydrogen-bond acceptors (Lipinski definition) is 3. The molecule has 0 saturated heterocycles. The Bertz CT molecular complexity index is 720. The summed E-state index contributed by atoms with van der Waals surface area (Å²) in [5.74, 6) is 0.659. The van der Waals surface area contributed by atoms with Crippen LogP contribution in [0.5, 0.6) is 5.75 Å². The Hall–Kier alpha value is -2.33. The van der Waals surface area contributed by atoms with Crippen LogP contribution in [0.25, 0.3) is 10.9 Å². The van der Waals surface area contributed by atoms with Gasteiger partial charge in [-0.1, -0.05) is 12.1 Å². The second-order valence-corrected chi connectivity index (χ2v) is 5.46. The zero-order valence-corrected chi connectivity index (χ0v) is 11.8. The van der Waals surface area contributed by atoms with E-state index in [9.17, 15) is 5.11 Å². The van der Waals surface area contributed by atoms with E-state index in [1.54, 1.807) is 31.6 Å². The Morgan fingerprint density at radius 2 is 2.29 bits per heavy atom. The first-order valence-corrected chi connectivity index (χ1v) is 6.85. The van der Waals surface area contributed by atoms with Gasteiger partial charge in [0, 0.05) is 35.8 Å². The molecule has 0 saturated carbocycles. The van der Waals surface area contributed by atoms with Crippen LogP contribution in [0.15, 0.2) is 48.9 Å². The Labute approximate surface area is 123 Å². The highest BCUT2D eigenvalue weighted by Crippen LogP contribution is 2.19. The normalized spacial score (nSPS) is 14.0. The maximum absolute atomic E-state index is 10.5. The predicted octanol–water partition coefficient (Wildman–Crippen LogP) is 2.74. The van der Waals surface area contributed by atoms with Gasteiger partial charge in [0.1, 0.15) is 12.4 Å². The lowest BCUT2D eigenvalue weighted by Gasteiger charge is -2.23. The van der Waals surface area contributed by atoms with E-state index in [4.69, 9.17) is 4.74 Å². The molecule has 0 aliphatic heterocycles. The molecule has 1 radical (unpaired) electrons. The molecule has 1 unspecified atom stereocenters. The summed E-state index contributed by atoms with van der Waals surface area (Å²) in [5, 5.41) is 11.5. The molecule has 2 N–H and O–H groups in total. The number of H-pyrrole nitrogens is 1. The van der Waals surface area contributed by atoms with E-state index in [0.717, 1.165) is 16.5 Å². The topological polar surface area (TPSA) is 58.1 Å². The standard InChI is InChI=1S/C17H17N2O2/c1-17(20,12-21-15-3-2-7-18-11-15)10-13-4-5-14-6-8-19-16(14)9-13/h2-5,7-9,11,19-20H,10,12H2,1H3. The molecule has 3 aromatic rings. The number of pyridine rings is 1. The zero-order valence-electron chi connectivity index (χ0n) is 11.8. The molecular weight excluding hydrogens is 264 g/mol. The maximum Gasteiger partial charge on any atom is 0.137 e. The van der Waals surface area contributed by atoms with E-state index >= 15 is 0 Å². The number of benzene rings is 1. The van der Waals surface area contributed by atoms with Gasteiger partial charge in [-0.2, -0.15) is 0 Å². The van der Waals surface area contributed by atoms with Crippen LogP contribution in [0, 0.1) is 6.07 Å². The van der Waals surface area contributed by atoms with Gasteiger partial charge in [-0.25, -0.2) is 0 Å². The van der Waals surface area contributed by atoms with Crippen molar-refractivity contribution in [2.75, 3.05) is 6.61 Å². The van der Waals surface area contributed by atoms with Gasteiger partial charge in [-0.3, -0.25) is 4.98 Å². The van der Waals surface area contributed by atoms with Crippen LogP contribution >= 0.6 is 0 Å². The van der Waals surface area contributed by atoms with Crippen molar-refractivity contribution >= 4 is 10.9 Å². The Balaban J connectivity index is 1.67. The van der Waals surface area contributed by atoms with Gasteiger partial charge in [-0.05, 0) is 30.7 Å². The van der Waals surface area contributed by atoms with Crippen LogP contribution in [0.2, 0.25) is 0 Å². The quantitative estimate of drug-likeness (QED) is 0.756. The molecule has 21 heavy (non-hydrogen) atoms. The van der Waals surface area contributed by atoms with Crippen LogP contribution in [0.3, 0.4) is 0 Å². The molecule has 4 heteroatoms. The van der Waals surface area contributed by atoms with Crippen LogP contribution in [-0.2, 0) is 6.42 Å². The summed E-state index contributed by atoms with van der Waals surface area (Å²) >= 11 is 0. The molecule has 3 rings (SSSR count). The van der Waals surface area contributed by atoms with Crippen LogP contribution in [0.4, 0.5) is 0 Å². The molecule has 0 bridgehead atoms. The molecule has 0 fully saturated rings. The number of fused-ring (bicyclic) bond motifs is 1. The molecule has 2 aromatic heterocycles. The van der Waals surface area contributed by atoms with E-state index in [1.807, 2.05) is 24.3 Å². The highest BCUT2D eigenvalue weighted by molar-refractivity contribution is 5.79. The van der Waals surface area contributed by atoms with Crippen molar-refractivity contribution in [1.29, 1.82) is 0 Å². The summed E-state index contributed by atoms with van der Waals surface area (Å²) in [6.07, 6.45) is 5.63. The Morgan fingerprint density at radius 3 is 3.10 bits per heavy atom. The van der Waals surface area contributed by atoms with Gasteiger partial charge in [0.05, 0.1) is 11.8 Å². The summed E-state index contributed by atoms with van der Waals surface area (Å²) in [6.45, 7) is 1.99. The van der Waals surface area contributed by atoms with E-state index in [1.165, 1.54) is 0 Å². The molecule has 0 aliphatic carbocycles. The average Bonchev–Trinajstić information content (AvgIpc) is 2.93. The number of aromatic nitrogens is 2. The highest BCUT2D eigenvalue weighted by atomic mass is 16.5. The zero-order chi connectivity index (χ0) is 14.7. The maximum atomic E-state index is 10.5. The Kier molecular flexibility index (Phi) is 3.62. The third-order valence-electron chi connectivity index (χ3n) is 3.31. The summed E-state index contributed by atoms with van der Waals surface area (Å²) in [4.78, 5) is 7.11. The number of nitrogens with zero attached hydrogens (tertiary/aromatic N) is 1. The highest BCUT2D eigenvalue weighted by Gasteiger charge is 2.22. The largest absolute Gasteiger partial charge is 0.489 e. The number of aromatic amines is 1. The fourth-order valence-corrected chi connectivity index (χ4v) is 2.30. The minimum absolute atomic E-state index is 0.216. The SMILES string of the molecule is CC(O)(COc1cccnc1)Cc1ccc2[c]c[nH]c2c1. The van der Waals surface area contributed by atoms with Gasteiger partial charge in [0.15, 0.2) is 0 Å². The first-order valence-electron chi connectivity index (χ1n) is 6.85. The number of hydrogen-bond donors (Lipinski definition) is 2. The van der Waals surface area contributed by atoms with Crippen molar-refractivity contribution in [3.05, 3.63) is 60.6 Å². The van der Waals surface area contributed by atoms with Gasteiger partial charge in [0.2, 0.25) is 0 Å². The molecule has 0 aliphatic rings. The second-order valence-electron chi connectivity index (χ2n) is 5.46. The lowest BCUT2D eigenvalue weighted by Crippen LogP contribution is -2.34. The van der Waals surface area contributed by atoms with Crippen LogP contribution in [-0.4, -0.2) is 27.3 Å². The summed E-state index contributed by atoms with van der Waals surface area (Å²) in [7, 11) is 0. The predicted molar refractivity (Wildman–Crippen MR) is 81.2 cm³/mol. The number of rotatable bonds is 5. The lowest BCUT2D eigenvalue weighted by molar-refractivity contribution is 0.0119. The fraction of sp³-hybridized carbons (Fsp3) is 0.235. The van der Waals surface area contributed by atoms with Crippen LogP contribution < -0.4 is 4.74 Å². The average molecular weight is 281 g/mol. The van der Waals surface area contributed by atoms with Crippen molar-refractivity contribution in [3.8, 4) is 5.75 Å². The monoisotopic (exact) mass is 281 g/mol. The molecule has 1 atom stereocenters. The molecule has 0 amide bonds. The van der Waals surface area contributed by atoms with E-state index in [-0.39, 0.29) is 6.61 Å². The van der Waals surface area contributed by atoms with Crippen molar-refractivity contribution < 1.29 is 9.84 Å². The minimum Gasteiger partial charge on any atom is -0.489 e. The lowest BCUT2D eigenvalue weighted by atomic mass is 9.97. The van der Waals surface area contributed by atoms with Crippen molar-refractivity contribution in [1.82, 2.24) is 9.97 Å². The molecule has 107 valence electrons. The smallest absolute Gasteiger partial charge is 0.137 e. The van der Waals surface area contributed by atoms with Crippen LogP contribution in [0.1, 0.15) is 12.5 Å². The number of aliphatic hydroxyl groups is 1. The number of nitrogens with one attached hydrogen (secondary N) is 1. The first kappa shape index (κ1) is 13.6. The third-order valence-corrected chi connectivity index (χ3v) is 3.31. The van der Waals surface area contributed by atoms with E-state index in [2.05, 4.69) is 16.0 Å². The van der Waals surface area contributed by atoms with Crippen molar-refractivity contribution in [3.63, 3.8) is 0 Å².